The molecule has 9 heteroatoms. The lowest BCUT2D eigenvalue weighted by Crippen LogP contribution is -2.24. The molecule has 0 saturated carbocycles. The van der Waals surface area contributed by atoms with Crippen LogP contribution in [0.4, 0.5) is 5.00 Å². The lowest BCUT2D eigenvalue weighted by molar-refractivity contribution is -0.116. The Kier molecular flexibility index (Phi) is 7.52. The van der Waals surface area contributed by atoms with Gasteiger partial charge in [-0.3, -0.25) is 4.79 Å². The predicted molar refractivity (Wildman–Crippen MR) is 106 cm³/mol. The van der Waals surface area contributed by atoms with Gasteiger partial charge in [0.2, 0.25) is 5.91 Å². The summed E-state index contributed by atoms with van der Waals surface area (Å²) in [7, 11) is 4.46. The van der Waals surface area contributed by atoms with Gasteiger partial charge in [-0.1, -0.05) is 6.07 Å². The fraction of sp³-hybridized carbons (Fsp3) is 0.389. The summed E-state index contributed by atoms with van der Waals surface area (Å²) in [5.41, 5.74) is 0.618. The molecule has 2 aromatic heterocycles. The highest BCUT2D eigenvalue weighted by Crippen LogP contribution is 2.34. The summed E-state index contributed by atoms with van der Waals surface area (Å²) in [4.78, 5) is 39.8. The number of nitrogens with one attached hydrogen (secondary N) is 1. The van der Waals surface area contributed by atoms with E-state index < -0.39 is 11.9 Å². The molecule has 2 rings (SSSR count). The zero-order chi connectivity index (χ0) is 20.0. The second kappa shape index (κ2) is 9.63. The van der Waals surface area contributed by atoms with Crippen LogP contribution in [0.15, 0.2) is 17.5 Å². The van der Waals surface area contributed by atoms with Crippen molar-refractivity contribution >= 4 is 45.5 Å². The van der Waals surface area contributed by atoms with Crippen LogP contribution in [0.25, 0.3) is 0 Å². The zero-order valence-corrected chi connectivity index (χ0v) is 17.3. The molecule has 0 saturated heterocycles. The summed E-state index contributed by atoms with van der Waals surface area (Å²) in [6.45, 7) is 2.95. The molecular weight excluding hydrogens is 388 g/mol. The normalized spacial score (nSPS) is 10.7. The van der Waals surface area contributed by atoms with Crippen LogP contribution in [0.3, 0.4) is 0 Å². The molecule has 0 unspecified atom stereocenters. The van der Waals surface area contributed by atoms with Crippen molar-refractivity contribution in [1.29, 1.82) is 0 Å². The van der Waals surface area contributed by atoms with E-state index in [9.17, 15) is 14.4 Å². The van der Waals surface area contributed by atoms with Gasteiger partial charge in [-0.25, -0.2) is 9.59 Å². The topological polar surface area (TPSA) is 84.9 Å². The second-order valence-electron chi connectivity index (χ2n) is 5.86. The van der Waals surface area contributed by atoms with Gasteiger partial charge in [-0.15, -0.1) is 22.7 Å². The first kappa shape index (κ1) is 21.1. The predicted octanol–water partition coefficient (Wildman–Crippen LogP) is 3.15. The number of carbonyl (C=O) groups is 3. The minimum atomic E-state index is -0.607. The van der Waals surface area contributed by atoms with Crippen molar-refractivity contribution in [3.8, 4) is 0 Å². The van der Waals surface area contributed by atoms with Gasteiger partial charge in [-0.05, 0) is 31.0 Å². The van der Waals surface area contributed by atoms with Crippen molar-refractivity contribution in [2.75, 3.05) is 33.1 Å². The highest BCUT2D eigenvalue weighted by atomic mass is 32.1. The smallest absolute Gasteiger partial charge is 0.348 e. The van der Waals surface area contributed by atoms with Gasteiger partial charge in [0, 0.05) is 24.4 Å². The molecule has 0 radical (unpaired) electrons. The molecule has 0 aliphatic heterocycles. The van der Waals surface area contributed by atoms with Gasteiger partial charge in [0.25, 0.3) is 0 Å². The number of hydrogen-bond donors (Lipinski definition) is 1. The van der Waals surface area contributed by atoms with Crippen LogP contribution >= 0.6 is 22.7 Å². The third-order valence-electron chi connectivity index (χ3n) is 3.89. The van der Waals surface area contributed by atoms with Crippen LogP contribution in [0.2, 0.25) is 0 Å². The number of methoxy groups -OCH3 is 2. The Morgan fingerprint density at radius 1 is 1.19 bits per heavy atom. The first-order valence-corrected chi connectivity index (χ1v) is 9.87. The molecule has 27 heavy (non-hydrogen) atoms. The first-order valence-electron chi connectivity index (χ1n) is 8.18. The van der Waals surface area contributed by atoms with Gasteiger partial charge >= 0.3 is 11.9 Å². The third-order valence-corrected chi connectivity index (χ3v) is 5.93. The van der Waals surface area contributed by atoms with Crippen LogP contribution in [-0.2, 0) is 20.8 Å². The minimum absolute atomic E-state index is 0.184. The van der Waals surface area contributed by atoms with Crippen molar-refractivity contribution < 1.29 is 23.9 Å². The van der Waals surface area contributed by atoms with Gasteiger partial charge in [0.05, 0.1) is 19.8 Å². The minimum Gasteiger partial charge on any atom is -0.465 e. The molecule has 0 aliphatic carbocycles. The summed E-state index contributed by atoms with van der Waals surface area (Å²) in [6, 6.07) is 4.04. The maximum Gasteiger partial charge on any atom is 0.348 e. The molecule has 2 aromatic rings. The van der Waals surface area contributed by atoms with E-state index in [1.807, 2.05) is 29.5 Å². The molecule has 146 valence electrons. The SMILES string of the molecule is COC(=O)c1sc(NC(=O)CCN(C)Cc2cccs2)c(C(=O)OC)c1C. The number of amides is 1. The summed E-state index contributed by atoms with van der Waals surface area (Å²) in [5, 5.41) is 5.04. The number of carbonyl (C=O) groups excluding carboxylic acids is 3. The second-order valence-corrected chi connectivity index (χ2v) is 7.91. The van der Waals surface area contributed by atoms with E-state index in [2.05, 4.69) is 5.32 Å². The van der Waals surface area contributed by atoms with Crippen molar-refractivity contribution in [1.82, 2.24) is 4.90 Å². The summed E-state index contributed by atoms with van der Waals surface area (Å²) < 4.78 is 9.51. The fourth-order valence-corrected chi connectivity index (χ4v) is 4.38. The number of rotatable bonds is 8. The largest absolute Gasteiger partial charge is 0.465 e. The average molecular weight is 411 g/mol. The van der Waals surface area contributed by atoms with E-state index in [1.165, 1.54) is 19.1 Å². The van der Waals surface area contributed by atoms with Gasteiger partial charge in [-0.2, -0.15) is 0 Å². The Bertz CT molecular complexity index is 814. The summed E-state index contributed by atoms with van der Waals surface area (Å²) >= 11 is 2.68. The molecule has 7 nitrogen and oxygen atoms in total. The van der Waals surface area contributed by atoms with Crippen LogP contribution in [0.5, 0.6) is 0 Å². The van der Waals surface area contributed by atoms with Crippen molar-refractivity contribution in [3.63, 3.8) is 0 Å². The van der Waals surface area contributed by atoms with Crippen LogP contribution in [0, 0.1) is 6.92 Å². The van der Waals surface area contributed by atoms with E-state index in [-0.39, 0.29) is 22.8 Å². The fourth-order valence-electron chi connectivity index (χ4n) is 2.47. The number of thiophene rings is 2. The Morgan fingerprint density at radius 2 is 1.89 bits per heavy atom. The Balaban J connectivity index is 2.05. The molecule has 0 fully saturated rings. The maximum atomic E-state index is 12.3. The molecule has 0 bridgehead atoms. The van der Waals surface area contributed by atoms with Crippen molar-refractivity contribution in [2.24, 2.45) is 0 Å². The Hall–Kier alpha value is -2.23. The van der Waals surface area contributed by atoms with Gasteiger partial charge < -0.3 is 19.7 Å². The van der Waals surface area contributed by atoms with Gasteiger partial charge in [0.15, 0.2) is 0 Å². The highest BCUT2D eigenvalue weighted by Gasteiger charge is 2.26. The van der Waals surface area contributed by atoms with E-state index in [0.717, 1.165) is 17.9 Å². The first-order chi connectivity index (χ1) is 12.9. The standard InChI is InChI=1S/C18H22N2O5S2/c1-11-14(17(22)24-3)16(27-15(11)18(23)25-4)19-13(21)7-8-20(2)10-12-6-5-9-26-12/h5-6,9H,7-8,10H2,1-4H3,(H,19,21). The summed E-state index contributed by atoms with van der Waals surface area (Å²) in [5.74, 6) is -1.40. The lowest BCUT2D eigenvalue weighted by Gasteiger charge is -2.15. The maximum absolute atomic E-state index is 12.3. The van der Waals surface area contributed by atoms with E-state index in [4.69, 9.17) is 9.47 Å². The molecule has 2 heterocycles. The number of hydrogen-bond acceptors (Lipinski definition) is 8. The van der Waals surface area contributed by atoms with E-state index in [0.29, 0.717) is 17.1 Å². The average Bonchev–Trinajstić information content (AvgIpc) is 3.26. The number of ether oxygens (including phenoxy) is 2. The number of nitrogens with zero attached hydrogens (tertiary/aromatic N) is 1. The molecule has 1 N–H and O–H groups in total. The highest BCUT2D eigenvalue weighted by molar-refractivity contribution is 7.18. The molecule has 1 amide bonds. The third kappa shape index (κ3) is 5.38. The van der Waals surface area contributed by atoms with Crippen LogP contribution in [0.1, 0.15) is 36.9 Å². The quantitative estimate of drug-likeness (QED) is 0.673. The van der Waals surface area contributed by atoms with Crippen LogP contribution in [-0.4, -0.2) is 50.6 Å². The van der Waals surface area contributed by atoms with Crippen LogP contribution < -0.4 is 5.32 Å². The molecule has 0 atom stereocenters. The molecule has 0 spiro atoms. The molecule has 0 aromatic carbocycles. The Morgan fingerprint density at radius 3 is 2.48 bits per heavy atom. The summed E-state index contributed by atoms with van der Waals surface area (Å²) in [6.07, 6.45) is 0.257. The van der Waals surface area contributed by atoms with Crippen molar-refractivity contribution in [3.05, 3.63) is 38.4 Å². The van der Waals surface area contributed by atoms with E-state index in [1.54, 1.807) is 18.3 Å². The van der Waals surface area contributed by atoms with Crippen molar-refractivity contribution in [2.45, 2.75) is 19.9 Å². The Labute approximate surface area is 165 Å². The van der Waals surface area contributed by atoms with Gasteiger partial charge in [0.1, 0.15) is 9.88 Å². The monoisotopic (exact) mass is 410 g/mol. The van der Waals surface area contributed by atoms with E-state index >= 15 is 0 Å². The molecular formula is C18H22N2O5S2. The molecule has 0 aliphatic rings. The lowest BCUT2D eigenvalue weighted by atomic mass is 10.1. The zero-order valence-electron chi connectivity index (χ0n) is 15.7. The number of anilines is 1. The number of esters is 2.